The molecule has 5 aromatic rings. The number of anilines is 2. The van der Waals surface area contributed by atoms with E-state index < -0.39 is 7.59 Å². The maximum Gasteiger partial charge on any atom is 0.333 e. The van der Waals surface area contributed by atoms with Crippen molar-refractivity contribution in [2.45, 2.75) is 113 Å². The molecule has 9 rings (SSSR count). The third kappa shape index (κ3) is 5.29. The van der Waals surface area contributed by atoms with Crippen molar-refractivity contribution in [3.8, 4) is 0 Å². The van der Waals surface area contributed by atoms with Crippen molar-refractivity contribution >= 4 is 40.7 Å². The van der Waals surface area contributed by atoms with E-state index in [4.69, 9.17) is 4.42 Å². The van der Waals surface area contributed by atoms with Crippen LogP contribution in [0, 0.1) is 0 Å². The molecule has 2 unspecified atom stereocenters. The topological polar surface area (TPSA) is 57.5 Å². The first kappa shape index (κ1) is 30.5. The number of hydrogen-bond donors (Lipinski definition) is 2. The second-order valence-corrected chi connectivity index (χ2v) is 17.0. The maximum absolute atomic E-state index is 15.7. The summed E-state index contributed by atoms with van der Waals surface area (Å²) in [6.07, 6.45) is 17.8. The van der Waals surface area contributed by atoms with Gasteiger partial charge >= 0.3 is 7.59 Å². The Hall–Kier alpha value is -3.53. The van der Waals surface area contributed by atoms with Gasteiger partial charge in [0.15, 0.2) is 5.88 Å². The molecule has 4 fully saturated rings. The van der Waals surface area contributed by atoms with Crippen LogP contribution in [0.2, 0.25) is 0 Å². The molecule has 3 aliphatic carbocycles. The largest absolute Gasteiger partial charge is 0.449 e. The van der Waals surface area contributed by atoms with Crippen molar-refractivity contribution < 1.29 is 8.98 Å². The smallest absolute Gasteiger partial charge is 0.333 e. The molecule has 1 saturated heterocycles. The Balaban J connectivity index is 1.19. The van der Waals surface area contributed by atoms with Gasteiger partial charge in [-0.25, -0.2) is 5.09 Å². The van der Waals surface area contributed by atoms with Crippen molar-refractivity contribution in [2.24, 2.45) is 0 Å². The molecule has 6 heteroatoms. The number of hydrogen-bond acceptors (Lipinski definition) is 2. The first-order chi connectivity index (χ1) is 23.7. The van der Waals surface area contributed by atoms with Crippen molar-refractivity contribution in [2.75, 3.05) is 9.76 Å². The van der Waals surface area contributed by atoms with Gasteiger partial charge in [-0.15, -0.1) is 0 Å². The van der Waals surface area contributed by atoms with Crippen molar-refractivity contribution in [3.63, 3.8) is 0 Å². The molecule has 4 aliphatic rings. The number of nitrogens with one attached hydrogen (secondary N) is 2. The summed E-state index contributed by atoms with van der Waals surface area (Å²) >= 11 is 0. The molecule has 4 atom stereocenters. The van der Waals surface area contributed by atoms with Gasteiger partial charge in [0.1, 0.15) is 0 Å². The lowest BCUT2D eigenvalue weighted by molar-refractivity contribution is 0.344. The van der Waals surface area contributed by atoms with Gasteiger partial charge in [0, 0.05) is 23.4 Å². The zero-order valence-corrected chi connectivity index (χ0v) is 28.8. The second-order valence-electron chi connectivity index (χ2n) is 15.0. The predicted octanol–water partition coefficient (Wildman–Crippen LogP) is 12.0. The Kier molecular flexibility index (Phi) is 8.10. The fourth-order valence-electron chi connectivity index (χ4n) is 10.1. The Morgan fingerprint density at radius 3 is 1.88 bits per heavy atom. The molecule has 248 valence electrons. The van der Waals surface area contributed by atoms with E-state index in [1.165, 1.54) is 102 Å². The van der Waals surface area contributed by atoms with E-state index in [9.17, 15) is 0 Å². The lowest BCUT2D eigenvalue weighted by atomic mass is 9.74. The molecule has 0 bridgehead atoms. The number of benzene rings is 4. The van der Waals surface area contributed by atoms with E-state index in [1.54, 1.807) is 6.26 Å². The SMILES string of the molecule is O=[P@]1(Nc2ccco2)NC2C(c3cccc4cccc(C5CCCCC5)c34)CCC[C@H]2N1c1cccc2cccc(C3CCCCC3)c12. The van der Waals surface area contributed by atoms with E-state index in [-0.39, 0.29) is 18.0 Å². The Morgan fingerprint density at radius 1 is 0.625 bits per heavy atom. The van der Waals surface area contributed by atoms with Crippen LogP contribution in [0.5, 0.6) is 0 Å². The van der Waals surface area contributed by atoms with Gasteiger partial charge in [-0.2, -0.15) is 0 Å². The third-order valence-corrected chi connectivity index (χ3v) is 14.5. The van der Waals surface area contributed by atoms with E-state index >= 15 is 4.57 Å². The highest BCUT2D eigenvalue weighted by Crippen LogP contribution is 2.61. The molecule has 3 saturated carbocycles. The van der Waals surface area contributed by atoms with Crippen molar-refractivity contribution in [3.05, 3.63) is 108 Å². The van der Waals surface area contributed by atoms with E-state index in [0.29, 0.717) is 17.7 Å². The van der Waals surface area contributed by atoms with Gasteiger partial charge in [0.2, 0.25) is 0 Å². The summed E-state index contributed by atoms with van der Waals surface area (Å²) in [5.41, 5.74) is 5.48. The number of nitrogens with zero attached hydrogens (tertiary/aromatic N) is 1. The van der Waals surface area contributed by atoms with Gasteiger partial charge in [0.25, 0.3) is 0 Å². The van der Waals surface area contributed by atoms with Gasteiger partial charge in [0.05, 0.1) is 18.0 Å². The number of fused-ring (bicyclic) bond motifs is 3. The predicted molar refractivity (Wildman–Crippen MR) is 199 cm³/mol. The fourth-order valence-corrected chi connectivity index (χ4v) is 12.7. The molecule has 5 nitrogen and oxygen atoms in total. The van der Waals surface area contributed by atoms with Crippen LogP contribution in [0.1, 0.15) is 118 Å². The maximum atomic E-state index is 15.7. The van der Waals surface area contributed by atoms with Crippen LogP contribution in [0.15, 0.2) is 95.6 Å². The lowest BCUT2D eigenvalue weighted by Gasteiger charge is -2.38. The van der Waals surface area contributed by atoms with E-state index in [1.807, 2.05) is 12.1 Å². The molecule has 2 N–H and O–H groups in total. The standard InChI is InChI=1S/C42H48N3O2P/c46-48(43-39-27-12-28-47-39)44-42-36(35-23-9-18-31-17-7-21-33(40(31)35)29-13-3-1-4-14-29)24-11-26-38(42)45(48)37-25-10-20-32-19-8-22-34(41(32)37)30-15-5-2-6-16-30/h7-10,12,17-23,25,27-30,36,38,42H,1-6,11,13-16,24,26H2,(H2,43,44,46)/t36?,38-,42?,48-/m1/s1. The fraction of sp³-hybridized carbons (Fsp3) is 0.429. The van der Waals surface area contributed by atoms with Crippen LogP contribution in [0.4, 0.5) is 11.6 Å². The van der Waals surface area contributed by atoms with E-state index in [2.05, 4.69) is 87.6 Å². The molecule has 0 spiro atoms. The first-order valence-corrected chi connectivity index (χ1v) is 20.4. The van der Waals surface area contributed by atoms with Crippen molar-refractivity contribution in [1.82, 2.24) is 5.09 Å². The molecule has 0 amide bonds. The van der Waals surface area contributed by atoms with Gasteiger partial charge in [-0.1, -0.05) is 112 Å². The third-order valence-electron chi connectivity index (χ3n) is 12.2. The molecule has 48 heavy (non-hydrogen) atoms. The minimum atomic E-state index is -3.38. The molecule has 2 heterocycles. The van der Waals surface area contributed by atoms with Crippen LogP contribution in [0.25, 0.3) is 21.5 Å². The zero-order valence-electron chi connectivity index (χ0n) is 28.0. The summed E-state index contributed by atoms with van der Waals surface area (Å²) in [4.78, 5) is 0. The molecular formula is C42H48N3O2P. The van der Waals surface area contributed by atoms with Gasteiger partial charge in [-0.3, -0.25) is 14.3 Å². The number of rotatable bonds is 6. The quantitative estimate of drug-likeness (QED) is 0.178. The van der Waals surface area contributed by atoms with Crippen LogP contribution in [-0.4, -0.2) is 12.1 Å². The van der Waals surface area contributed by atoms with Crippen molar-refractivity contribution in [1.29, 1.82) is 0 Å². The van der Waals surface area contributed by atoms with Crippen LogP contribution in [0.3, 0.4) is 0 Å². The highest BCUT2D eigenvalue weighted by Gasteiger charge is 2.54. The average molecular weight is 658 g/mol. The summed E-state index contributed by atoms with van der Waals surface area (Å²) in [5.74, 6) is 1.96. The monoisotopic (exact) mass is 657 g/mol. The number of furan rings is 1. The second kappa shape index (κ2) is 12.7. The summed E-state index contributed by atoms with van der Waals surface area (Å²) in [6.45, 7) is 0. The lowest BCUT2D eigenvalue weighted by Crippen LogP contribution is -2.43. The normalized spacial score (nSPS) is 27.0. The minimum Gasteiger partial charge on any atom is -0.449 e. The van der Waals surface area contributed by atoms with E-state index in [0.717, 1.165) is 24.9 Å². The Morgan fingerprint density at radius 2 is 1.23 bits per heavy atom. The molecular weight excluding hydrogens is 609 g/mol. The summed E-state index contributed by atoms with van der Waals surface area (Å²) in [6, 6.07) is 31.2. The summed E-state index contributed by atoms with van der Waals surface area (Å²) in [7, 11) is -3.38. The molecule has 1 aromatic heterocycles. The van der Waals surface area contributed by atoms with Gasteiger partial charge in [-0.05, 0) is 95.3 Å². The zero-order chi connectivity index (χ0) is 32.1. The highest BCUT2D eigenvalue weighted by molar-refractivity contribution is 7.65. The van der Waals surface area contributed by atoms with Gasteiger partial charge < -0.3 is 4.42 Å². The van der Waals surface area contributed by atoms with Crippen LogP contribution < -0.4 is 14.8 Å². The molecule has 1 aliphatic heterocycles. The summed E-state index contributed by atoms with van der Waals surface area (Å²) < 4.78 is 23.8. The molecule has 0 radical (unpaired) electrons. The minimum absolute atomic E-state index is 0.0363. The highest BCUT2D eigenvalue weighted by atomic mass is 31.2. The summed E-state index contributed by atoms with van der Waals surface area (Å²) in [5, 5.41) is 12.6. The van der Waals surface area contributed by atoms with Crippen LogP contribution >= 0.6 is 7.59 Å². The van der Waals surface area contributed by atoms with Crippen LogP contribution in [-0.2, 0) is 4.57 Å². The Labute approximate surface area is 285 Å². The Bertz CT molecular complexity index is 1950. The first-order valence-electron chi connectivity index (χ1n) is 18.7. The average Bonchev–Trinajstić information content (AvgIpc) is 3.76. The molecule has 4 aromatic carbocycles.